The molecule has 148 valence electrons. The molecule has 1 heterocycles. The second-order valence-corrected chi connectivity index (χ2v) is 6.78. The van der Waals surface area contributed by atoms with Crippen LogP contribution in [0.2, 0.25) is 0 Å². The Balaban J connectivity index is 1.25. The maximum absolute atomic E-state index is 12.0. The van der Waals surface area contributed by atoms with Crippen LogP contribution in [0.1, 0.15) is 5.56 Å². The highest BCUT2D eigenvalue weighted by Gasteiger charge is 2.10. The van der Waals surface area contributed by atoms with Crippen molar-refractivity contribution in [1.82, 2.24) is 5.43 Å². The fraction of sp³-hybridized carbons (Fsp3) is 0.217. The summed E-state index contributed by atoms with van der Waals surface area (Å²) in [7, 11) is 0. The van der Waals surface area contributed by atoms with Gasteiger partial charge in [-0.05, 0) is 40.6 Å². The lowest BCUT2D eigenvalue weighted by molar-refractivity contribution is -0.123. The van der Waals surface area contributed by atoms with Crippen molar-refractivity contribution in [1.29, 1.82) is 0 Å². The zero-order chi connectivity index (χ0) is 19.9. The second kappa shape index (κ2) is 9.21. The Bertz CT molecular complexity index is 996. The van der Waals surface area contributed by atoms with E-state index < -0.39 is 0 Å². The van der Waals surface area contributed by atoms with Gasteiger partial charge in [-0.15, -0.1) is 0 Å². The number of amides is 1. The van der Waals surface area contributed by atoms with Gasteiger partial charge < -0.3 is 14.4 Å². The van der Waals surface area contributed by atoms with Crippen LogP contribution >= 0.6 is 0 Å². The minimum atomic E-state index is -0.306. The van der Waals surface area contributed by atoms with Gasteiger partial charge in [0.2, 0.25) is 0 Å². The van der Waals surface area contributed by atoms with Crippen LogP contribution in [0, 0.1) is 0 Å². The minimum Gasteiger partial charge on any atom is -0.484 e. The monoisotopic (exact) mass is 389 g/mol. The number of nitrogens with one attached hydrogen (secondary N) is 1. The molecule has 6 nitrogen and oxygen atoms in total. The number of carbonyl (C=O) groups is 1. The summed E-state index contributed by atoms with van der Waals surface area (Å²) in [6.45, 7) is 3.24. The molecule has 0 aliphatic carbocycles. The molecule has 4 rings (SSSR count). The summed E-state index contributed by atoms with van der Waals surface area (Å²) in [4.78, 5) is 14.3. The molecule has 1 N–H and O–H groups in total. The molecule has 6 heteroatoms. The van der Waals surface area contributed by atoms with Gasteiger partial charge in [0.25, 0.3) is 5.91 Å². The SMILES string of the molecule is O=C(COc1ccc2ccccc2c1)N/N=C/c1ccc(N2CCOCC2)cc1. The third-order valence-corrected chi connectivity index (χ3v) is 4.76. The van der Waals surface area contributed by atoms with Gasteiger partial charge in [-0.3, -0.25) is 4.79 Å². The van der Waals surface area contributed by atoms with E-state index in [0.29, 0.717) is 5.75 Å². The molecule has 0 spiro atoms. The van der Waals surface area contributed by atoms with Crippen LogP contribution in [-0.4, -0.2) is 45.0 Å². The number of morpholine rings is 1. The van der Waals surface area contributed by atoms with Gasteiger partial charge in [0.15, 0.2) is 6.61 Å². The van der Waals surface area contributed by atoms with Gasteiger partial charge in [0, 0.05) is 18.8 Å². The van der Waals surface area contributed by atoms with Crippen molar-refractivity contribution < 1.29 is 14.3 Å². The first kappa shape index (κ1) is 19.0. The third kappa shape index (κ3) is 5.12. The molecule has 1 fully saturated rings. The third-order valence-electron chi connectivity index (χ3n) is 4.76. The zero-order valence-electron chi connectivity index (χ0n) is 16.1. The minimum absolute atomic E-state index is 0.0916. The first-order valence-corrected chi connectivity index (χ1v) is 9.64. The Kier molecular flexibility index (Phi) is 6.02. The topological polar surface area (TPSA) is 63.2 Å². The Labute approximate surface area is 169 Å². The average Bonchev–Trinajstić information content (AvgIpc) is 2.78. The van der Waals surface area contributed by atoms with Crippen LogP contribution in [0.4, 0.5) is 5.69 Å². The molecule has 1 aliphatic heterocycles. The molecule has 29 heavy (non-hydrogen) atoms. The normalized spacial score (nSPS) is 14.3. The maximum atomic E-state index is 12.0. The van der Waals surface area contributed by atoms with Crippen molar-refractivity contribution in [3.63, 3.8) is 0 Å². The molecule has 0 saturated carbocycles. The van der Waals surface area contributed by atoms with Crippen molar-refractivity contribution in [3.05, 3.63) is 72.3 Å². The number of fused-ring (bicyclic) bond motifs is 1. The van der Waals surface area contributed by atoms with Crippen LogP contribution < -0.4 is 15.1 Å². The van der Waals surface area contributed by atoms with Crippen LogP contribution in [0.5, 0.6) is 5.75 Å². The summed E-state index contributed by atoms with van der Waals surface area (Å²) >= 11 is 0. The van der Waals surface area contributed by atoms with E-state index in [1.165, 1.54) is 5.69 Å². The molecule has 1 saturated heterocycles. The van der Waals surface area contributed by atoms with Gasteiger partial charge in [0.1, 0.15) is 5.75 Å². The van der Waals surface area contributed by atoms with Gasteiger partial charge >= 0.3 is 0 Å². The highest BCUT2D eigenvalue weighted by molar-refractivity contribution is 5.85. The van der Waals surface area contributed by atoms with Crippen LogP contribution in [0.25, 0.3) is 10.8 Å². The Hall–Kier alpha value is -3.38. The molecule has 3 aromatic carbocycles. The predicted octanol–water partition coefficient (Wildman–Crippen LogP) is 3.21. The maximum Gasteiger partial charge on any atom is 0.277 e. The summed E-state index contributed by atoms with van der Waals surface area (Å²) in [5.74, 6) is 0.348. The molecule has 0 atom stereocenters. The first-order chi connectivity index (χ1) is 14.3. The number of hydrogen-bond acceptors (Lipinski definition) is 5. The largest absolute Gasteiger partial charge is 0.484 e. The smallest absolute Gasteiger partial charge is 0.277 e. The van der Waals surface area contributed by atoms with Crippen molar-refractivity contribution in [2.45, 2.75) is 0 Å². The summed E-state index contributed by atoms with van der Waals surface area (Å²) in [6.07, 6.45) is 1.62. The Morgan fingerprint density at radius 3 is 2.59 bits per heavy atom. The van der Waals surface area contributed by atoms with Crippen LogP contribution in [-0.2, 0) is 9.53 Å². The highest BCUT2D eigenvalue weighted by atomic mass is 16.5. The lowest BCUT2D eigenvalue weighted by Crippen LogP contribution is -2.36. The number of benzene rings is 3. The van der Waals surface area contributed by atoms with Gasteiger partial charge in [0.05, 0.1) is 19.4 Å². The molecule has 1 amide bonds. The number of carbonyl (C=O) groups excluding carboxylic acids is 1. The number of ether oxygens (including phenoxy) is 2. The van der Waals surface area contributed by atoms with Crippen LogP contribution in [0.3, 0.4) is 0 Å². The number of rotatable bonds is 6. The van der Waals surface area contributed by atoms with Gasteiger partial charge in [-0.1, -0.05) is 42.5 Å². The van der Waals surface area contributed by atoms with E-state index in [4.69, 9.17) is 9.47 Å². The van der Waals surface area contributed by atoms with Crippen molar-refractivity contribution in [3.8, 4) is 5.75 Å². The average molecular weight is 389 g/mol. The second-order valence-electron chi connectivity index (χ2n) is 6.78. The van der Waals surface area contributed by atoms with E-state index in [2.05, 4.69) is 27.6 Å². The van der Waals surface area contributed by atoms with E-state index in [1.54, 1.807) is 6.21 Å². The van der Waals surface area contributed by atoms with Gasteiger partial charge in [-0.25, -0.2) is 5.43 Å². The molecule has 0 radical (unpaired) electrons. The van der Waals surface area contributed by atoms with Crippen LogP contribution in [0.15, 0.2) is 71.8 Å². The lowest BCUT2D eigenvalue weighted by Gasteiger charge is -2.28. The summed E-state index contributed by atoms with van der Waals surface area (Å²) < 4.78 is 10.9. The van der Waals surface area contributed by atoms with E-state index in [9.17, 15) is 4.79 Å². The Morgan fingerprint density at radius 2 is 1.79 bits per heavy atom. The first-order valence-electron chi connectivity index (χ1n) is 9.64. The number of hydrogen-bond donors (Lipinski definition) is 1. The molecular weight excluding hydrogens is 366 g/mol. The molecule has 0 bridgehead atoms. The van der Waals surface area contributed by atoms with Crippen molar-refractivity contribution in [2.75, 3.05) is 37.8 Å². The molecule has 0 unspecified atom stereocenters. The number of hydrazone groups is 1. The summed E-state index contributed by atoms with van der Waals surface area (Å²) in [6, 6.07) is 21.8. The highest BCUT2D eigenvalue weighted by Crippen LogP contribution is 2.20. The Morgan fingerprint density at radius 1 is 1.03 bits per heavy atom. The van der Waals surface area contributed by atoms with E-state index >= 15 is 0 Å². The molecule has 1 aliphatic rings. The van der Waals surface area contributed by atoms with E-state index in [-0.39, 0.29) is 12.5 Å². The van der Waals surface area contributed by atoms with E-state index in [0.717, 1.165) is 42.6 Å². The summed E-state index contributed by atoms with van der Waals surface area (Å²) in [5.41, 5.74) is 4.57. The number of anilines is 1. The van der Waals surface area contributed by atoms with Gasteiger partial charge in [-0.2, -0.15) is 5.10 Å². The fourth-order valence-electron chi connectivity index (χ4n) is 3.21. The molecule has 0 aromatic heterocycles. The predicted molar refractivity (Wildman–Crippen MR) is 115 cm³/mol. The zero-order valence-corrected chi connectivity index (χ0v) is 16.1. The summed E-state index contributed by atoms with van der Waals surface area (Å²) in [5, 5.41) is 6.21. The fourth-order valence-corrected chi connectivity index (χ4v) is 3.21. The standard InChI is InChI=1S/C23H23N3O3/c27-23(17-29-22-10-7-19-3-1-2-4-20(19)15-22)25-24-16-18-5-8-21(9-6-18)26-11-13-28-14-12-26/h1-10,15-16H,11-14,17H2,(H,25,27)/b24-16+. The number of nitrogens with zero attached hydrogens (tertiary/aromatic N) is 2. The molecule has 3 aromatic rings. The quantitative estimate of drug-likeness (QED) is 0.519. The van der Waals surface area contributed by atoms with E-state index in [1.807, 2.05) is 54.6 Å². The van der Waals surface area contributed by atoms with Crippen molar-refractivity contribution >= 4 is 28.6 Å². The van der Waals surface area contributed by atoms with Crippen molar-refractivity contribution in [2.24, 2.45) is 5.10 Å². The molecular formula is C23H23N3O3. The lowest BCUT2D eigenvalue weighted by atomic mass is 10.1.